The first-order valence-corrected chi connectivity index (χ1v) is 4.96. The minimum absolute atomic E-state index is 0.192. The van der Waals surface area contributed by atoms with Crippen LogP contribution in [0, 0.1) is 12.7 Å². The summed E-state index contributed by atoms with van der Waals surface area (Å²) in [5.41, 5.74) is 7.43. The lowest BCUT2D eigenvalue weighted by Crippen LogP contribution is -1.93. The Kier molecular flexibility index (Phi) is 3.96. The topological polar surface area (TPSA) is 26.0 Å². The molecule has 2 N–H and O–H groups in total. The van der Waals surface area contributed by atoms with Crippen molar-refractivity contribution in [2.45, 2.75) is 13.3 Å². The summed E-state index contributed by atoms with van der Waals surface area (Å²) in [6.45, 7) is 1.90. The maximum absolute atomic E-state index is 13.1. The van der Waals surface area contributed by atoms with Crippen molar-refractivity contribution in [3.05, 3.63) is 35.2 Å². The van der Waals surface area contributed by atoms with Crippen molar-refractivity contribution < 1.29 is 4.39 Å². The van der Waals surface area contributed by atoms with Crippen LogP contribution in [0.25, 0.3) is 6.08 Å². The lowest BCUT2D eigenvalue weighted by atomic mass is 10.1. The van der Waals surface area contributed by atoms with Crippen LogP contribution >= 0.6 is 11.6 Å². The first-order valence-electron chi connectivity index (χ1n) is 4.43. The molecule has 0 saturated heterocycles. The van der Waals surface area contributed by atoms with E-state index < -0.39 is 0 Å². The SMILES string of the molecule is Cc1cc(N)c(F)cc1C=CCCCl. The van der Waals surface area contributed by atoms with Crippen molar-refractivity contribution in [2.24, 2.45) is 0 Å². The molecule has 0 aliphatic carbocycles. The largest absolute Gasteiger partial charge is 0.396 e. The fourth-order valence-corrected chi connectivity index (χ4v) is 1.30. The Morgan fingerprint density at radius 3 is 2.86 bits per heavy atom. The van der Waals surface area contributed by atoms with Crippen LogP contribution in [-0.4, -0.2) is 5.88 Å². The zero-order valence-electron chi connectivity index (χ0n) is 8.06. The molecule has 76 valence electrons. The third-order valence-electron chi connectivity index (χ3n) is 1.96. The number of benzene rings is 1. The second kappa shape index (κ2) is 5.01. The van der Waals surface area contributed by atoms with Gasteiger partial charge in [-0.25, -0.2) is 4.39 Å². The van der Waals surface area contributed by atoms with Crippen molar-refractivity contribution in [3.63, 3.8) is 0 Å². The van der Waals surface area contributed by atoms with Gasteiger partial charge < -0.3 is 5.73 Å². The number of aryl methyl sites for hydroxylation is 1. The van der Waals surface area contributed by atoms with Crippen LogP contribution in [0.5, 0.6) is 0 Å². The van der Waals surface area contributed by atoms with Crippen molar-refractivity contribution in [1.82, 2.24) is 0 Å². The van der Waals surface area contributed by atoms with Gasteiger partial charge in [0.1, 0.15) is 5.82 Å². The second-order valence-electron chi connectivity index (χ2n) is 3.11. The van der Waals surface area contributed by atoms with Crippen LogP contribution in [-0.2, 0) is 0 Å². The fourth-order valence-electron chi connectivity index (χ4n) is 1.17. The molecule has 0 radical (unpaired) electrons. The number of anilines is 1. The summed E-state index contributed by atoms with van der Waals surface area (Å²) in [6.07, 6.45) is 4.57. The van der Waals surface area contributed by atoms with Gasteiger partial charge in [0.15, 0.2) is 0 Å². The van der Waals surface area contributed by atoms with E-state index in [-0.39, 0.29) is 11.5 Å². The van der Waals surface area contributed by atoms with Gasteiger partial charge in [-0.2, -0.15) is 0 Å². The molecule has 1 aromatic carbocycles. The number of hydrogen-bond acceptors (Lipinski definition) is 1. The van der Waals surface area contributed by atoms with E-state index in [1.54, 1.807) is 6.07 Å². The smallest absolute Gasteiger partial charge is 0.146 e. The summed E-state index contributed by atoms with van der Waals surface area (Å²) >= 11 is 5.52. The second-order valence-corrected chi connectivity index (χ2v) is 3.49. The molecule has 1 rings (SSSR count). The number of alkyl halides is 1. The lowest BCUT2D eigenvalue weighted by molar-refractivity contribution is 0.632. The molecule has 0 heterocycles. The molecule has 3 heteroatoms. The highest BCUT2D eigenvalue weighted by Crippen LogP contribution is 2.18. The third kappa shape index (κ3) is 2.74. The van der Waals surface area contributed by atoms with Gasteiger partial charge in [-0.3, -0.25) is 0 Å². The van der Waals surface area contributed by atoms with Gasteiger partial charge in [0.05, 0.1) is 5.69 Å². The van der Waals surface area contributed by atoms with Crippen molar-refractivity contribution in [2.75, 3.05) is 11.6 Å². The van der Waals surface area contributed by atoms with Crippen LogP contribution < -0.4 is 5.73 Å². The Morgan fingerprint density at radius 2 is 2.21 bits per heavy atom. The molecule has 0 saturated carbocycles. The lowest BCUT2D eigenvalue weighted by Gasteiger charge is -2.03. The highest BCUT2D eigenvalue weighted by molar-refractivity contribution is 6.17. The minimum atomic E-state index is -0.374. The van der Waals surface area contributed by atoms with Crippen molar-refractivity contribution >= 4 is 23.4 Å². The van der Waals surface area contributed by atoms with Crippen molar-refractivity contribution in [1.29, 1.82) is 0 Å². The van der Waals surface area contributed by atoms with E-state index in [1.807, 2.05) is 19.1 Å². The number of nitrogen functional groups attached to an aromatic ring is 1. The van der Waals surface area contributed by atoms with Crippen LogP contribution in [0.1, 0.15) is 17.5 Å². The molecule has 14 heavy (non-hydrogen) atoms. The first kappa shape index (κ1) is 11.1. The van der Waals surface area contributed by atoms with E-state index in [0.717, 1.165) is 17.5 Å². The Balaban J connectivity index is 2.92. The number of hydrogen-bond donors (Lipinski definition) is 1. The average Bonchev–Trinajstić information content (AvgIpc) is 2.14. The summed E-state index contributed by atoms with van der Waals surface area (Å²) in [5.74, 6) is 0.202. The first-order chi connectivity index (χ1) is 6.65. The van der Waals surface area contributed by atoms with E-state index in [0.29, 0.717) is 5.88 Å². The number of nitrogens with two attached hydrogens (primary N) is 1. The van der Waals surface area contributed by atoms with Gasteiger partial charge in [-0.15, -0.1) is 11.6 Å². The molecule has 0 aliphatic rings. The monoisotopic (exact) mass is 213 g/mol. The number of rotatable bonds is 3. The van der Waals surface area contributed by atoms with Crippen molar-refractivity contribution in [3.8, 4) is 0 Å². The molecule has 0 spiro atoms. The highest BCUT2D eigenvalue weighted by atomic mass is 35.5. The Morgan fingerprint density at radius 1 is 1.50 bits per heavy atom. The molecular formula is C11H13ClFN. The van der Waals surface area contributed by atoms with Gasteiger partial charge in [0.2, 0.25) is 0 Å². The number of allylic oxidation sites excluding steroid dienone is 1. The summed E-state index contributed by atoms with van der Waals surface area (Å²) in [7, 11) is 0. The van der Waals surface area contributed by atoms with Crippen LogP contribution in [0.3, 0.4) is 0 Å². The maximum atomic E-state index is 13.1. The predicted molar refractivity (Wildman–Crippen MR) is 59.9 cm³/mol. The van der Waals surface area contributed by atoms with Gasteiger partial charge in [-0.05, 0) is 36.6 Å². The van der Waals surface area contributed by atoms with Gasteiger partial charge in [-0.1, -0.05) is 12.2 Å². The Labute approximate surface area is 88.4 Å². The summed E-state index contributed by atoms with van der Waals surface area (Å²) in [6, 6.07) is 3.07. The molecule has 1 aromatic rings. The van der Waals surface area contributed by atoms with E-state index in [9.17, 15) is 4.39 Å². The quantitative estimate of drug-likeness (QED) is 0.605. The number of halogens is 2. The fraction of sp³-hybridized carbons (Fsp3) is 0.273. The van der Waals surface area contributed by atoms with E-state index in [1.165, 1.54) is 6.07 Å². The summed E-state index contributed by atoms with van der Waals surface area (Å²) < 4.78 is 13.1. The third-order valence-corrected chi connectivity index (χ3v) is 2.18. The standard InChI is InChI=1S/C11H13ClFN/c1-8-6-11(14)10(13)7-9(8)4-2-3-5-12/h2,4,6-7H,3,5,14H2,1H3. The molecule has 0 aromatic heterocycles. The van der Waals surface area contributed by atoms with Crippen LogP contribution in [0.15, 0.2) is 18.2 Å². The minimum Gasteiger partial charge on any atom is -0.396 e. The van der Waals surface area contributed by atoms with Crippen LogP contribution in [0.2, 0.25) is 0 Å². The van der Waals surface area contributed by atoms with Gasteiger partial charge in [0.25, 0.3) is 0 Å². The molecule has 0 aliphatic heterocycles. The maximum Gasteiger partial charge on any atom is 0.146 e. The molecule has 1 nitrogen and oxygen atoms in total. The van der Waals surface area contributed by atoms with E-state index >= 15 is 0 Å². The average molecular weight is 214 g/mol. The normalized spacial score (nSPS) is 11.1. The Bertz CT molecular complexity index is 347. The molecular weight excluding hydrogens is 201 g/mol. The van der Waals surface area contributed by atoms with Gasteiger partial charge >= 0.3 is 0 Å². The van der Waals surface area contributed by atoms with E-state index in [2.05, 4.69) is 0 Å². The molecule has 0 atom stereocenters. The molecule has 0 amide bonds. The molecule has 0 bridgehead atoms. The molecule has 0 unspecified atom stereocenters. The summed E-state index contributed by atoms with van der Waals surface area (Å²) in [5, 5.41) is 0. The zero-order chi connectivity index (χ0) is 10.6. The zero-order valence-corrected chi connectivity index (χ0v) is 8.81. The predicted octanol–water partition coefficient (Wildman–Crippen LogP) is 3.36. The van der Waals surface area contributed by atoms with Gasteiger partial charge in [0, 0.05) is 5.88 Å². The Hall–Kier alpha value is -1.02. The van der Waals surface area contributed by atoms with Crippen LogP contribution in [0.4, 0.5) is 10.1 Å². The summed E-state index contributed by atoms with van der Waals surface area (Å²) in [4.78, 5) is 0. The molecule has 0 fully saturated rings. The van der Waals surface area contributed by atoms with E-state index in [4.69, 9.17) is 17.3 Å². The highest BCUT2D eigenvalue weighted by Gasteiger charge is 2.01.